The molecule has 10 heteroatoms. The molecule has 2 aromatic carbocycles. The fraction of sp³-hybridized carbons (Fsp3) is 0.409. The van der Waals surface area contributed by atoms with Gasteiger partial charge in [-0.1, -0.05) is 12.1 Å². The van der Waals surface area contributed by atoms with Gasteiger partial charge in [-0.2, -0.15) is 4.31 Å². The van der Waals surface area contributed by atoms with Gasteiger partial charge in [0, 0.05) is 38.4 Å². The summed E-state index contributed by atoms with van der Waals surface area (Å²) in [5.41, 5.74) is 1.57. The zero-order valence-corrected chi connectivity index (χ0v) is 19.2. The first-order valence-electron chi connectivity index (χ1n) is 10.6. The van der Waals surface area contributed by atoms with Crippen LogP contribution in [0.5, 0.6) is 11.5 Å². The summed E-state index contributed by atoms with van der Waals surface area (Å²) < 4.78 is 37.5. The Morgan fingerprint density at radius 2 is 1.72 bits per heavy atom. The molecule has 2 amide bonds. The average Bonchev–Trinajstić information content (AvgIpc) is 2.80. The normalized spacial score (nSPS) is 14.6. The molecule has 1 aliphatic heterocycles. The highest BCUT2D eigenvalue weighted by Crippen LogP contribution is 2.23. The fourth-order valence-electron chi connectivity index (χ4n) is 3.46. The van der Waals surface area contributed by atoms with E-state index in [9.17, 15) is 13.2 Å². The van der Waals surface area contributed by atoms with Gasteiger partial charge in [-0.05, 0) is 43.3 Å². The predicted molar refractivity (Wildman–Crippen MR) is 125 cm³/mol. The standard InChI is InChI=1S/C22H30N4O5S/c1-3-31-21-7-5-4-6-20(21)24-22(27)23-12-17-32(28,29)26-15-13-25(14-16-26)18-8-10-19(30-2)11-9-18/h4-11H,3,12-17H2,1-2H3,(H2,23,24,27). The lowest BCUT2D eigenvalue weighted by Gasteiger charge is -2.35. The number of carbonyl (C=O) groups is 1. The SMILES string of the molecule is CCOc1ccccc1NC(=O)NCCS(=O)(=O)N1CCN(c2ccc(OC)cc2)CC1. The van der Waals surface area contributed by atoms with E-state index in [-0.39, 0.29) is 12.3 Å². The van der Waals surface area contributed by atoms with Gasteiger partial charge in [0.2, 0.25) is 10.0 Å². The Morgan fingerprint density at radius 3 is 2.38 bits per heavy atom. The zero-order chi connectivity index (χ0) is 23.0. The van der Waals surface area contributed by atoms with E-state index in [2.05, 4.69) is 15.5 Å². The molecule has 1 aliphatic rings. The Balaban J connectivity index is 1.45. The number of benzene rings is 2. The molecule has 9 nitrogen and oxygen atoms in total. The molecule has 0 bridgehead atoms. The van der Waals surface area contributed by atoms with Gasteiger partial charge >= 0.3 is 6.03 Å². The quantitative estimate of drug-likeness (QED) is 0.594. The second kappa shape index (κ2) is 11.1. The van der Waals surface area contributed by atoms with Crippen LogP contribution in [0.25, 0.3) is 0 Å². The number of carbonyl (C=O) groups excluding carboxylic acids is 1. The molecule has 0 saturated carbocycles. The first-order chi connectivity index (χ1) is 15.4. The van der Waals surface area contributed by atoms with Gasteiger partial charge in [0.25, 0.3) is 0 Å². The second-order valence-corrected chi connectivity index (χ2v) is 9.30. The number of hydrogen-bond acceptors (Lipinski definition) is 6. The number of nitrogens with zero attached hydrogens (tertiary/aromatic N) is 2. The maximum absolute atomic E-state index is 12.7. The summed E-state index contributed by atoms with van der Waals surface area (Å²) in [5.74, 6) is 1.19. The molecule has 0 unspecified atom stereocenters. The molecule has 0 spiro atoms. The van der Waals surface area contributed by atoms with Crippen LogP contribution in [0.3, 0.4) is 0 Å². The van der Waals surface area contributed by atoms with Crippen molar-refractivity contribution in [2.75, 3.05) is 62.4 Å². The number of urea groups is 1. The van der Waals surface area contributed by atoms with Gasteiger partial charge in [0.15, 0.2) is 0 Å². The highest BCUT2D eigenvalue weighted by Gasteiger charge is 2.27. The van der Waals surface area contributed by atoms with Crippen LogP contribution in [0.4, 0.5) is 16.2 Å². The molecule has 0 aliphatic carbocycles. The molecule has 2 aromatic rings. The first kappa shape index (κ1) is 23.7. The summed E-state index contributed by atoms with van der Waals surface area (Å²) in [6.07, 6.45) is 0. The molecule has 2 N–H and O–H groups in total. The van der Waals surface area contributed by atoms with Gasteiger partial charge < -0.3 is 25.0 Å². The Hall–Kier alpha value is -2.98. The Bertz CT molecular complexity index is 990. The number of rotatable bonds is 9. The van der Waals surface area contributed by atoms with Crippen LogP contribution in [0.15, 0.2) is 48.5 Å². The highest BCUT2D eigenvalue weighted by molar-refractivity contribution is 7.89. The summed E-state index contributed by atoms with van der Waals surface area (Å²) >= 11 is 0. The number of anilines is 2. The van der Waals surface area contributed by atoms with E-state index in [0.29, 0.717) is 44.2 Å². The number of nitrogens with one attached hydrogen (secondary N) is 2. The van der Waals surface area contributed by atoms with Crippen LogP contribution in [-0.4, -0.2) is 70.9 Å². The van der Waals surface area contributed by atoms with E-state index in [4.69, 9.17) is 9.47 Å². The van der Waals surface area contributed by atoms with Crippen molar-refractivity contribution in [2.24, 2.45) is 0 Å². The largest absolute Gasteiger partial charge is 0.497 e. The Morgan fingerprint density at radius 1 is 1.03 bits per heavy atom. The van der Waals surface area contributed by atoms with E-state index in [1.807, 2.05) is 37.3 Å². The van der Waals surface area contributed by atoms with Gasteiger partial charge in [0.05, 0.1) is 25.2 Å². The van der Waals surface area contributed by atoms with Crippen molar-refractivity contribution >= 4 is 27.4 Å². The van der Waals surface area contributed by atoms with Crippen molar-refractivity contribution in [3.8, 4) is 11.5 Å². The number of ether oxygens (including phenoxy) is 2. The van der Waals surface area contributed by atoms with Crippen LogP contribution < -0.4 is 25.0 Å². The molecule has 0 atom stereocenters. The topological polar surface area (TPSA) is 100 Å². The van der Waals surface area contributed by atoms with Crippen LogP contribution in [0, 0.1) is 0 Å². The summed E-state index contributed by atoms with van der Waals surface area (Å²) in [7, 11) is -1.84. The lowest BCUT2D eigenvalue weighted by molar-refractivity contribution is 0.252. The molecule has 1 fully saturated rings. The minimum Gasteiger partial charge on any atom is -0.497 e. The van der Waals surface area contributed by atoms with Crippen molar-refractivity contribution in [3.63, 3.8) is 0 Å². The van der Waals surface area contributed by atoms with Crippen LogP contribution in [0.2, 0.25) is 0 Å². The lowest BCUT2D eigenvalue weighted by atomic mass is 10.2. The van der Waals surface area contributed by atoms with Gasteiger partial charge in [0.1, 0.15) is 11.5 Å². The third-order valence-corrected chi connectivity index (χ3v) is 7.02. The molecule has 1 saturated heterocycles. The molecule has 1 heterocycles. The van der Waals surface area contributed by atoms with Gasteiger partial charge in [-0.25, -0.2) is 13.2 Å². The molecular weight excluding hydrogens is 432 g/mol. The molecule has 0 radical (unpaired) electrons. The number of sulfonamides is 1. The smallest absolute Gasteiger partial charge is 0.319 e. The predicted octanol–water partition coefficient (Wildman–Crippen LogP) is 2.37. The lowest BCUT2D eigenvalue weighted by Crippen LogP contribution is -2.50. The van der Waals surface area contributed by atoms with Crippen LogP contribution in [-0.2, 0) is 10.0 Å². The van der Waals surface area contributed by atoms with Gasteiger partial charge in [-0.3, -0.25) is 0 Å². The van der Waals surface area contributed by atoms with Crippen molar-refractivity contribution < 1.29 is 22.7 Å². The zero-order valence-electron chi connectivity index (χ0n) is 18.4. The molecule has 174 valence electrons. The summed E-state index contributed by atoms with van der Waals surface area (Å²) in [6, 6.07) is 14.3. The minimum atomic E-state index is -3.47. The number of hydrogen-bond donors (Lipinski definition) is 2. The Kier molecular flexibility index (Phi) is 8.18. The van der Waals surface area contributed by atoms with Crippen LogP contribution in [0.1, 0.15) is 6.92 Å². The van der Waals surface area contributed by atoms with Crippen molar-refractivity contribution in [1.29, 1.82) is 0 Å². The summed E-state index contributed by atoms with van der Waals surface area (Å²) in [6.45, 7) is 4.37. The number of amides is 2. The third kappa shape index (κ3) is 6.27. The monoisotopic (exact) mass is 462 g/mol. The van der Waals surface area contributed by atoms with E-state index < -0.39 is 16.1 Å². The van der Waals surface area contributed by atoms with E-state index in [1.165, 1.54) is 4.31 Å². The van der Waals surface area contributed by atoms with Crippen molar-refractivity contribution in [3.05, 3.63) is 48.5 Å². The van der Waals surface area contributed by atoms with E-state index in [0.717, 1.165) is 11.4 Å². The van der Waals surface area contributed by atoms with E-state index >= 15 is 0 Å². The third-order valence-electron chi connectivity index (χ3n) is 5.15. The Labute approximate surface area is 189 Å². The highest BCUT2D eigenvalue weighted by atomic mass is 32.2. The van der Waals surface area contributed by atoms with Crippen molar-refractivity contribution in [2.45, 2.75) is 6.92 Å². The van der Waals surface area contributed by atoms with Crippen LogP contribution >= 0.6 is 0 Å². The maximum Gasteiger partial charge on any atom is 0.319 e. The molecular formula is C22H30N4O5S. The van der Waals surface area contributed by atoms with E-state index in [1.54, 1.807) is 25.3 Å². The maximum atomic E-state index is 12.7. The molecule has 3 rings (SSSR count). The number of para-hydroxylation sites is 2. The van der Waals surface area contributed by atoms with Crippen molar-refractivity contribution in [1.82, 2.24) is 9.62 Å². The molecule has 32 heavy (non-hydrogen) atoms. The van der Waals surface area contributed by atoms with Gasteiger partial charge in [-0.15, -0.1) is 0 Å². The fourth-order valence-corrected chi connectivity index (χ4v) is 4.80. The summed E-state index contributed by atoms with van der Waals surface area (Å²) in [4.78, 5) is 14.3. The average molecular weight is 463 g/mol. The minimum absolute atomic E-state index is 0.0175. The number of piperazine rings is 1. The number of methoxy groups -OCH3 is 1. The second-order valence-electron chi connectivity index (χ2n) is 7.21. The molecule has 0 aromatic heterocycles. The first-order valence-corrected chi connectivity index (χ1v) is 12.2. The summed E-state index contributed by atoms with van der Waals surface area (Å²) in [5, 5.41) is 5.30.